The predicted molar refractivity (Wildman–Crippen MR) is 94.4 cm³/mol. The van der Waals surface area contributed by atoms with Gasteiger partial charge in [-0.05, 0) is 74.5 Å². The van der Waals surface area contributed by atoms with E-state index in [1.165, 1.54) is 30.0 Å². The lowest BCUT2D eigenvalue weighted by atomic mass is 9.53. The van der Waals surface area contributed by atoms with Crippen LogP contribution in [0.15, 0.2) is 24.4 Å². The summed E-state index contributed by atoms with van der Waals surface area (Å²) in [6.45, 7) is 0.0818. The smallest absolute Gasteiger partial charge is 0.242 e. The summed E-state index contributed by atoms with van der Waals surface area (Å²) in [5, 5.41) is 11.3. The van der Waals surface area contributed by atoms with Gasteiger partial charge >= 0.3 is 0 Å². The van der Waals surface area contributed by atoms with E-state index in [1.807, 2.05) is 0 Å². The number of halogens is 2. The summed E-state index contributed by atoms with van der Waals surface area (Å²) in [7, 11) is 0. The molecule has 1 N–H and O–H groups in total. The summed E-state index contributed by atoms with van der Waals surface area (Å²) in [6.07, 6.45) is 8.87. The average Bonchev–Trinajstić information content (AvgIpc) is 3.03. The summed E-state index contributed by atoms with van der Waals surface area (Å²) in [6, 6.07) is 3.59. The Morgan fingerprint density at radius 1 is 1.11 bits per heavy atom. The van der Waals surface area contributed by atoms with Gasteiger partial charge < -0.3 is 5.32 Å². The van der Waals surface area contributed by atoms with Gasteiger partial charge in [-0.3, -0.25) is 4.79 Å². The van der Waals surface area contributed by atoms with Gasteiger partial charge in [-0.2, -0.15) is 0 Å². The Morgan fingerprint density at radius 3 is 2.41 bits per heavy atom. The van der Waals surface area contributed by atoms with Gasteiger partial charge in [-0.25, -0.2) is 13.5 Å². The van der Waals surface area contributed by atoms with E-state index >= 15 is 0 Å². The van der Waals surface area contributed by atoms with Crippen LogP contribution in [0.3, 0.4) is 0 Å². The highest BCUT2D eigenvalue weighted by atomic mass is 19.2. The minimum Gasteiger partial charge on any atom is -0.349 e. The number of carbonyl (C=O) groups excluding carboxylic acids is 1. The van der Waals surface area contributed by atoms with E-state index in [-0.39, 0.29) is 18.0 Å². The molecule has 1 aromatic carbocycles. The molecule has 5 nitrogen and oxygen atoms in total. The normalized spacial score (nSPS) is 31.3. The molecule has 0 unspecified atom stereocenters. The number of nitrogens with one attached hydrogen (secondary N) is 1. The molecule has 0 aliphatic heterocycles. The fraction of sp³-hybridized carbons (Fsp3) is 0.550. The van der Waals surface area contributed by atoms with Gasteiger partial charge in [-0.15, -0.1) is 5.10 Å². The van der Waals surface area contributed by atoms with Crippen molar-refractivity contribution < 1.29 is 13.6 Å². The topological polar surface area (TPSA) is 59.8 Å². The molecule has 1 aromatic heterocycles. The molecule has 27 heavy (non-hydrogen) atoms. The third kappa shape index (κ3) is 3.13. The van der Waals surface area contributed by atoms with Crippen molar-refractivity contribution in [3.63, 3.8) is 0 Å². The van der Waals surface area contributed by atoms with Crippen LogP contribution in [-0.4, -0.2) is 26.4 Å². The van der Waals surface area contributed by atoms with Crippen molar-refractivity contribution in [2.75, 3.05) is 0 Å². The van der Waals surface area contributed by atoms with Gasteiger partial charge in [0.25, 0.3) is 0 Å². The van der Waals surface area contributed by atoms with E-state index < -0.39 is 11.6 Å². The first-order valence-electron chi connectivity index (χ1n) is 9.65. The number of amides is 1. The number of hydrogen-bond acceptors (Lipinski definition) is 3. The molecule has 0 radical (unpaired) electrons. The van der Waals surface area contributed by atoms with E-state index in [0.29, 0.717) is 11.3 Å². The van der Waals surface area contributed by atoms with Crippen molar-refractivity contribution in [2.24, 2.45) is 17.8 Å². The van der Waals surface area contributed by atoms with Crippen molar-refractivity contribution in [2.45, 2.75) is 50.6 Å². The molecule has 4 saturated carbocycles. The molecule has 0 spiro atoms. The maximum Gasteiger partial charge on any atom is 0.242 e. The van der Waals surface area contributed by atoms with Gasteiger partial charge in [0.15, 0.2) is 11.6 Å². The van der Waals surface area contributed by atoms with E-state index in [0.717, 1.165) is 49.1 Å². The molecule has 2 aromatic rings. The average molecular weight is 372 g/mol. The number of hydrogen-bond donors (Lipinski definition) is 1. The first-order chi connectivity index (χ1) is 13.0. The standard InChI is InChI=1S/C20H22F2N4O/c21-16-2-1-15(6-17(16)22)18-10-26(25-24-18)11-19(27)23-20-7-12-3-13(8-20)5-14(4-12)9-20/h1-2,6,10,12-14H,3-5,7-9,11H2,(H,23,27). The van der Waals surface area contributed by atoms with E-state index in [9.17, 15) is 13.6 Å². The van der Waals surface area contributed by atoms with Crippen LogP contribution in [0.4, 0.5) is 8.78 Å². The van der Waals surface area contributed by atoms with Crippen molar-refractivity contribution >= 4 is 5.91 Å². The molecule has 0 atom stereocenters. The maximum atomic E-state index is 13.4. The lowest BCUT2D eigenvalue weighted by Crippen LogP contribution is -2.60. The van der Waals surface area contributed by atoms with Crippen molar-refractivity contribution in [1.29, 1.82) is 0 Å². The van der Waals surface area contributed by atoms with E-state index in [4.69, 9.17) is 0 Å². The Kier molecular flexibility index (Phi) is 3.81. The molecule has 6 rings (SSSR count). The molecule has 4 bridgehead atoms. The highest BCUT2D eigenvalue weighted by Gasteiger charge is 2.51. The first-order valence-corrected chi connectivity index (χ1v) is 9.65. The van der Waals surface area contributed by atoms with Gasteiger partial charge in [0.05, 0.1) is 6.20 Å². The van der Waals surface area contributed by atoms with Crippen LogP contribution in [0, 0.1) is 29.4 Å². The zero-order valence-corrected chi connectivity index (χ0v) is 15.0. The molecule has 4 fully saturated rings. The van der Waals surface area contributed by atoms with Crippen LogP contribution in [0.2, 0.25) is 0 Å². The first kappa shape index (κ1) is 16.8. The minimum atomic E-state index is -0.929. The van der Waals surface area contributed by atoms with Crippen molar-refractivity contribution in [3.05, 3.63) is 36.0 Å². The summed E-state index contributed by atoms with van der Waals surface area (Å²) < 4.78 is 27.9. The molecule has 7 heteroatoms. The fourth-order valence-electron chi connectivity index (χ4n) is 5.91. The highest BCUT2D eigenvalue weighted by molar-refractivity contribution is 5.76. The Hall–Kier alpha value is -2.31. The summed E-state index contributed by atoms with van der Waals surface area (Å²) in [5.74, 6) is 0.412. The molecule has 142 valence electrons. The van der Waals surface area contributed by atoms with Crippen LogP contribution < -0.4 is 5.32 Å². The van der Waals surface area contributed by atoms with E-state index in [1.54, 1.807) is 6.20 Å². The third-order valence-electron chi connectivity index (χ3n) is 6.50. The fourth-order valence-corrected chi connectivity index (χ4v) is 5.91. The quantitative estimate of drug-likeness (QED) is 0.896. The third-order valence-corrected chi connectivity index (χ3v) is 6.50. The maximum absolute atomic E-state index is 13.4. The SMILES string of the molecule is O=C(Cn1cc(-c2ccc(F)c(F)c2)nn1)NC12CC3CC(CC(C3)C1)C2. The molecule has 0 saturated heterocycles. The highest BCUT2D eigenvalue weighted by Crippen LogP contribution is 2.55. The minimum absolute atomic E-state index is 0.0324. The number of benzene rings is 1. The lowest BCUT2D eigenvalue weighted by Gasteiger charge is -2.56. The molecule has 4 aliphatic carbocycles. The Balaban J connectivity index is 1.27. The molecule has 4 aliphatic rings. The van der Waals surface area contributed by atoms with Crippen LogP contribution in [-0.2, 0) is 11.3 Å². The Morgan fingerprint density at radius 2 is 1.78 bits per heavy atom. The van der Waals surface area contributed by atoms with Gasteiger partial charge in [0.1, 0.15) is 12.2 Å². The van der Waals surface area contributed by atoms with Gasteiger partial charge in [-0.1, -0.05) is 5.21 Å². The second kappa shape index (κ2) is 6.11. The van der Waals surface area contributed by atoms with Crippen LogP contribution >= 0.6 is 0 Å². The monoisotopic (exact) mass is 372 g/mol. The van der Waals surface area contributed by atoms with Crippen molar-refractivity contribution in [3.8, 4) is 11.3 Å². The summed E-state index contributed by atoms with van der Waals surface area (Å²) in [5.41, 5.74) is 0.813. The number of aromatic nitrogens is 3. The van der Waals surface area contributed by atoms with Crippen LogP contribution in [0.1, 0.15) is 38.5 Å². The second-order valence-corrected chi connectivity index (χ2v) is 8.68. The molecule has 1 amide bonds. The number of carbonyl (C=O) groups is 1. The summed E-state index contributed by atoms with van der Waals surface area (Å²) in [4.78, 5) is 12.6. The zero-order valence-electron chi connectivity index (χ0n) is 15.0. The summed E-state index contributed by atoms with van der Waals surface area (Å²) >= 11 is 0. The van der Waals surface area contributed by atoms with Gasteiger partial charge in [0.2, 0.25) is 5.91 Å². The second-order valence-electron chi connectivity index (χ2n) is 8.68. The number of rotatable bonds is 4. The molecular weight excluding hydrogens is 350 g/mol. The van der Waals surface area contributed by atoms with Crippen LogP contribution in [0.25, 0.3) is 11.3 Å². The lowest BCUT2D eigenvalue weighted by molar-refractivity contribution is -0.127. The zero-order chi connectivity index (χ0) is 18.6. The largest absolute Gasteiger partial charge is 0.349 e. The number of nitrogens with zero attached hydrogens (tertiary/aromatic N) is 3. The van der Waals surface area contributed by atoms with Crippen LogP contribution in [0.5, 0.6) is 0 Å². The molecule has 1 heterocycles. The Bertz CT molecular complexity index is 859. The predicted octanol–water partition coefficient (Wildman–Crippen LogP) is 3.31. The van der Waals surface area contributed by atoms with Gasteiger partial charge in [0, 0.05) is 11.1 Å². The van der Waals surface area contributed by atoms with E-state index in [2.05, 4.69) is 15.6 Å². The Labute approximate surface area is 156 Å². The van der Waals surface area contributed by atoms with Crippen molar-refractivity contribution in [1.82, 2.24) is 20.3 Å². The molecular formula is C20H22F2N4O.